The molecule has 1 aromatic heterocycles. The van der Waals surface area contributed by atoms with Crippen LogP contribution >= 0.6 is 0 Å². The molecule has 1 unspecified atom stereocenters. The van der Waals surface area contributed by atoms with E-state index in [2.05, 4.69) is 10.3 Å². The highest BCUT2D eigenvalue weighted by Crippen LogP contribution is 2.53. The number of amides is 1. The SMILES string of the molecule is FC(F)(F)C(F)(c1ccccc1)C(F)(F)F.O=C(NC1CC(S(=O)c2ccc(F)cc2)C1)c1ccncc1. The first kappa shape index (κ1) is 29.2. The number of rotatable bonds is 5. The lowest BCUT2D eigenvalue weighted by molar-refractivity contribution is -0.348. The van der Waals surface area contributed by atoms with Crippen LogP contribution in [0.2, 0.25) is 0 Å². The van der Waals surface area contributed by atoms with Gasteiger partial charge in [-0.1, -0.05) is 30.3 Å². The van der Waals surface area contributed by atoms with Gasteiger partial charge >= 0.3 is 18.0 Å². The smallest absolute Gasteiger partial charge is 0.349 e. The lowest BCUT2D eigenvalue weighted by atomic mass is 9.92. The van der Waals surface area contributed by atoms with Crippen LogP contribution in [0, 0.1) is 5.82 Å². The number of benzene rings is 2. The standard InChI is InChI=1S/C16H15FN2O2S.C9H5F7/c17-12-1-3-14(4-2-12)22(21)15-9-13(10-15)19-16(20)11-5-7-18-8-6-11;10-7(8(11,12)13,9(14,15)16)6-4-2-1-3-5-6/h1-8,13,15H,9-10H2,(H,19,20);1-5H. The van der Waals surface area contributed by atoms with Gasteiger partial charge in [-0.15, -0.1) is 0 Å². The van der Waals surface area contributed by atoms with Crippen molar-refractivity contribution in [1.29, 1.82) is 0 Å². The molecule has 1 heterocycles. The molecule has 4 nitrogen and oxygen atoms in total. The number of alkyl halides is 7. The van der Waals surface area contributed by atoms with Gasteiger partial charge in [0.15, 0.2) is 0 Å². The van der Waals surface area contributed by atoms with E-state index < -0.39 is 34.4 Å². The molecule has 1 fully saturated rings. The van der Waals surface area contributed by atoms with Gasteiger partial charge in [0.2, 0.25) is 0 Å². The highest BCUT2D eigenvalue weighted by molar-refractivity contribution is 7.85. The number of hydrogen-bond acceptors (Lipinski definition) is 3. The zero-order valence-electron chi connectivity index (χ0n) is 19.3. The molecule has 4 rings (SSSR count). The predicted octanol–water partition coefficient (Wildman–Crippen LogP) is 6.27. The number of carbonyl (C=O) groups excluding carboxylic acids is 1. The van der Waals surface area contributed by atoms with Crippen LogP contribution in [0.1, 0.15) is 28.8 Å². The van der Waals surface area contributed by atoms with Gasteiger partial charge in [-0.05, 0) is 49.2 Å². The normalized spacial score (nSPS) is 18.4. The first-order valence-corrected chi connectivity index (χ1v) is 12.2. The van der Waals surface area contributed by atoms with E-state index in [4.69, 9.17) is 0 Å². The summed E-state index contributed by atoms with van der Waals surface area (Å²) in [4.78, 5) is 16.5. The van der Waals surface area contributed by atoms with E-state index in [0.717, 1.165) is 12.1 Å². The fourth-order valence-electron chi connectivity index (χ4n) is 3.55. The van der Waals surface area contributed by atoms with Crippen molar-refractivity contribution in [2.75, 3.05) is 0 Å². The number of carbonyl (C=O) groups is 1. The van der Waals surface area contributed by atoms with E-state index in [1.807, 2.05) is 0 Å². The zero-order valence-corrected chi connectivity index (χ0v) is 20.1. The van der Waals surface area contributed by atoms with E-state index in [1.54, 1.807) is 36.7 Å². The average Bonchev–Trinajstić information content (AvgIpc) is 2.85. The number of hydrogen-bond donors (Lipinski definition) is 1. The molecular weight excluding hydrogens is 544 g/mol. The maximum atomic E-state index is 13.3. The quantitative estimate of drug-likeness (QED) is 0.372. The van der Waals surface area contributed by atoms with Gasteiger partial charge in [0.25, 0.3) is 5.91 Å². The summed E-state index contributed by atoms with van der Waals surface area (Å²) in [5, 5.41) is 2.92. The Bertz CT molecular complexity index is 1220. The van der Waals surface area contributed by atoms with Crippen LogP contribution < -0.4 is 5.32 Å². The van der Waals surface area contributed by atoms with Crippen LogP contribution in [0.5, 0.6) is 0 Å². The van der Waals surface area contributed by atoms with Crippen LogP contribution in [0.4, 0.5) is 35.1 Å². The fraction of sp³-hybridized carbons (Fsp3) is 0.280. The summed E-state index contributed by atoms with van der Waals surface area (Å²) in [7, 11) is -1.16. The number of pyridine rings is 1. The van der Waals surface area contributed by atoms with Gasteiger partial charge in [-0.3, -0.25) is 14.0 Å². The van der Waals surface area contributed by atoms with E-state index in [0.29, 0.717) is 35.4 Å². The lowest BCUT2D eigenvalue weighted by Crippen LogP contribution is -2.50. The summed E-state index contributed by atoms with van der Waals surface area (Å²) in [5.74, 6) is -0.477. The number of halogens is 8. The summed E-state index contributed by atoms with van der Waals surface area (Å²) < 4.78 is 112. The van der Waals surface area contributed by atoms with Gasteiger partial charge in [0, 0.05) is 39.7 Å². The van der Waals surface area contributed by atoms with Gasteiger partial charge in [-0.25, -0.2) is 8.78 Å². The molecule has 1 saturated carbocycles. The topological polar surface area (TPSA) is 59.1 Å². The second-order valence-electron chi connectivity index (χ2n) is 8.27. The van der Waals surface area contributed by atoms with Crippen LogP contribution in [0.3, 0.4) is 0 Å². The highest BCUT2D eigenvalue weighted by Gasteiger charge is 2.73. The minimum atomic E-state index is -6.05. The fourth-order valence-corrected chi connectivity index (χ4v) is 5.15. The van der Waals surface area contributed by atoms with Crippen molar-refractivity contribution >= 4 is 16.7 Å². The number of aromatic nitrogens is 1. The molecule has 204 valence electrons. The van der Waals surface area contributed by atoms with Crippen molar-refractivity contribution in [2.45, 2.75) is 47.1 Å². The zero-order chi connectivity index (χ0) is 28.1. The summed E-state index contributed by atoms with van der Waals surface area (Å²) in [6.07, 6.45) is -7.62. The van der Waals surface area contributed by atoms with Gasteiger partial charge in [0.05, 0.1) is 10.8 Å². The molecule has 1 N–H and O–H groups in total. The van der Waals surface area contributed by atoms with Crippen molar-refractivity contribution in [2.24, 2.45) is 0 Å². The molecule has 0 aliphatic heterocycles. The van der Waals surface area contributed by atoms with Gasteiger partial charge in [0.1, 0.15) is 5.82 Å². The largest absolute Gasteiger partial charge is 0.435 e. The molecular formula is C25H20F8N2O2S. The molecule has 3 aromatic rings. The van der Waals surface area contributed by atoms with Crippen molar-refractivity contribution in [3.63, 3.8) is 0 Å². The van der Waals surface area contributed by atoms with E-state index >= 15 is 0 Å². The lowest BCUT2D eigenvalue weighted by Gasteiger charge is -2.35. The first-order chi connectivity index (χ1) is 17.7. The Morgan fingerprint density at radius 1 is 0.816 bits per heavy atom. The average molecular weight is 564 g/mol. The summed E-state index contributed by atoms with van der Waals surface area (Å²) in [5.41, 5.74) is -6.24. The number of nitrogens with zero attached hydrogens (tertiary/aromatic N) is 1. The second kappa shape index (κ2) is 11.6. The molecule has 1 atom stereocenters. The predicted molar refractivity (Wildman–Crippen MR) is 123 cm³/mol. The monoisotopic (exact) mass is 564 g/mol. The van der Waals surface area contributed by atoms with Crippen molar-refractivity contribution < 1.29 is 44.1 Å². The Morgan fingerprint density at radius 2 is 1.34 bits per heavy atom. The van der Waals surface area contributed by atoms with Crippen molar-refractivity contribution in [1.82, 2.24) is 10.3 Å². The summed E-state index contributed by atoms with van der Waals surface area (Å²) in [6, 6.07) is 13.0. The van der Waals surface area contributed by atoms with Crippen molar-refractivity contribution in [3.05, 3.63) is 96.1 Å². The molecule has 0 bridgehead atoms. The number of nitrogens with one attached hydrogen (secondary N) is 1. The van der Waals surface area contributed by atoms with Crippen LogP contribution in [-0.4, -0.2) is 38.7 Å². The van der Waals surface area contributed by atoms with Gasteiger partial charge in [-0.2, -0.15) is 26.3 Å². The second-order valence-corrected chi connectivity index (χ2v) is 10.0. The highest BCUT2D eigenvalue weighted by atomic mass is 32.2. The first-order valence-electron chi connectivity index (χ1n) is 11.0. The molecule has 0 saturated heterocycles. The molecule has 0 spiro atoms. The van der Waals surface area contributed by atoms with Crippen LogP contribution in [0.25, 0.3) is 0 Å². The minimum Gasteiger partial charge on any atom is -0.349 e. The Balaban J connectivity index is 0.000000223. The summed E-state index contributed by atoms with van der Waals surface area (Å²) >= 11 is 0. The molecule has 13 heteroatoms. The Morgan fingerprint density at radius 3 is 1.84 bits per heavy atom. The molecule has 0 radical (unpaired) electrons. The van der Waals surface area contributed by atoms with Crippen LogP contribution in [0.15, 0.2) is 84.0 Å². The minimum absolute atomic E-state index is 0.00759. The maximum absolute atomic E-state index is 13.3. The molecule has 1 aliphatic carbocycles. The molecule has 38 heavy (non-hydrogen) atoms. The molecule has 1 amide bonds. The third-order valence-corrected chi connectivity index (χ3v) is 7.40. The van der Waals surface area contributed by atoms with Crippen LogP contribution in [-0.2, 0) is 16.5 Å². The van der Waals surface area contributed by atoms with Gasteiger partial charge < -0.3 is 5.32 Å². The Labute approximate surface area is 214 Å². The van der Waals surface area contributed by atoms with E-state index in [9.17, 15) is 44.1 Å². The summed E-state index contributed by atoms with van der Waals surface area (Å²) in [6.45, 7) is 0. The van der Waals surface area contributed by atoms with E-state index in [1.165, 1.54) is 18.2 Å². The Hall–Kier alpha value is -3.35. The molecule has 1 aliphatic rings. The van der Waals surface area contributed by atoms with Crippen molar-refractivity contribution in [3.8, 4) is 0 Å². The molecule has 2 aromatic carbocycles. The third-order valence-electron chi connectivity index (χ3n) is 5.67. The van der Waals surface area contributed by atoms with E-state index in [-0.39, 0.29) is 23.0 Å². The third kappa shape index (κ3) is 6.55. The Kier molecular flexibility index (Phi) is 8.90. The maximum Gasteiger partial charge on any atom is 0.435 e.